The maximum atomic E-state index is 12.5. The Labute approximate surface area is 115 Å². The Morgan fingerprint density at radius 2 is 1.74 bits per heavy atom. The number of piperidine rings is 1. The molecule has 3 rings (SSSR count). The van der Waals surface area contributed by atoms with Crippen molar-refractivity contribution in [2.45, 2.75) is 18.9 Å². The molecule has 0 radical (unpaired) electrons. The van der Waals surface area contributed by atoms with Gasteiger partial charge < -0.3 is 0 Å². The van der Waals surface area contributed by atoms with Crippen molar-refractivity contribution in [2.24, 2.45) is 0 Å². The molecule has 0 aliphatic carbocycles. The molecule has 2 heterocycles. The molecule has 1 N–H and O–H groups in total. The fraction of sp³-hybridized carbons (Fsp3) is 0.231. The fourth-order valence-electron chi connectivity index (χ4n) is 2.01. The van der Waals surface area contributed by atoms with Gasteiger partial charge in [0.15, 0.2) is 0 Å². The number of nitrogens with zero attached hydrogens (tertiary/aromatic N) is 1. The van der Waals surface area contributed by atoms with Gasteiger partial charge in [-0.1, -0.05) is 12.1 Å². The minimum Gasteiger partial charge on any atom is -0.295 e. The topological polar surface area (TPSA) is 83.6 Å². The quantitative estimate of drug-likeness (QED) is 0.728. The number of fused-ring (bicyclic) bond motifs is 1. The third-order valence-corrected chi connectivity index (χ3v) is 2.90. The SMILES string of the molecule is [2H]c1c([2H])c([2H])c2c(c1[2H])C(=O)N(C1([2H])CCC(=O)NC1=O)C2=O. The first kappa shape index (κ1) is 7.18. The van der Waals surface area contributed by atoms with E-state index in [1.807, 2.05) is 5.32 Å². The summed E-state index contributed by atoms with van der Waals surface area (Å²) in [5, 5.41) is 1.89. The molecule has 96 valence electrons. The third kappa shape index (κ3) is 1.64. The van der Waals surface area contributed by atoms with Gasteiger partial charge in [0, 0.05) is 6.42 Å². The van der Waals surface area contributed by atoms with Gasteiger partial charge in [-0.05, 0) is 18.5 Å². The first-order valence-corrected chi connectivity index (χ1v) is 5.44. The van der Waals surface area contributed by atoms with E-state index >= 15 is 0 Å². The average molecular weight is 263 g/mol. The highest BCUT2D eigenvalue weighted by molar-refractivity contribution is 6.23. The van der Waals surface area contributed by atoms with E-state index in [0.29, 0.717) is 4.90 Å². The lowest BCUT2D eigenvalue weighted by atomic mass is 10.0. The number of imide groups is 2. The highest BCUT2D eigenvalue weighted by atomic mass is 16.2. The van der Waals surface area contributed by atoms with Gasteiger partial charge in [0.2, 0.25) is 11.8 Å². The second-order valence-electron chi connectivity index (χ2n) is 4.02. The molecule has 4 amide bonds. The van der Waals surface area contributed by atoms with Crippen LogP contribution in [0.5, 0.6) is 0 Å². The minimum absolute atomic E-state index is 0.252. The monoisotopic (exact) mass is 263 g/mol. The number of hydrogen-bond donors (Lipinski definition) is 1. The van der Waals surface area contributed by atoms with Crippen molar-refractivity contribution in [1.82, 2.24) is 10.2 Å². The Hall–Kier alpha value is -2.50. The summed E-state index contributed by atoms with van der Waals surface area (Å²) >= 11 is 0. The molecule has 19 heavy (non-hydrogen) atoms. The zero-order valence-electron chi connectivity index (χ0n) is 14.5. The zero-order chi connectivity index (χ0) is 18.0. The van der Waals surface area contributed by atoms with Crippen LogP contribution in [0.15, 0.2) is 24.2 Å². The lowest BCUT2D eigenvalue weighted by Gasteiger charge is -2.27. The Bertz CT molecular complexity index is 808. The molecule has 0 bridgehead atoms. The van der Waals surface area contributed by atoms with Crippen molar-refractivity contribution in [1.29, 1.82) is 0 Å². The summed E-state index contributed by atoms with van der Waals surface area (Å²) in [6.45, 7) is 0. The molecule has 2 aliphatic heterocycles. The van der Waals surface area contributed by atoms with Crippen molar-refractivity contribution in [3.63, 3.8) is 0 Å². The standard InChI is InChI=1S/C13H10N2O4/c16-10-6-5-9(11(17)14-10)15-12(18)7-3-1-2-4-8(7)13(15)19/h1-4,9H,5-6H2,(H,14,16,17)/i1D,2D,3D,4D,9D. The van der Waals surface area contributed by atoms with Crippen LogP contribution in [-0.4, -0.2) is 34.5 Å². The number of carbonyl (C=O) groups excluding carboxylic acids is 4. The second-order valence-corrected chi connectivity index (χ2v) is 4.02. The molecule has 2 aliphatic rings. The van der Waals surface area contributed by atoms with E-state index in [1.165, 1.54) is 0 Å². The molecular formula is C13H10N2O4. The van der Waals surface area contributed by atoms with Crippen LogP contribution in [0.1, 0.15) is 40.4 Å². The predicted molar refractivity (Wildman–Crippen MR) is 63.1 cm³/mol. The lowest BCUT2D eigenvalue weighted by molar-refractivity contribution is -0.136. The molecule has 1 aromatic rings. The smallest absolute Gasteiger partial charge is 0.262 e. The van der Waals surface area contributed by atoms with Crippen LogP contribution in [0.2, 0.25) is 0 Å². The number of benzene rings is 1. The van der Waals surface area contributed by atoms with E-state index in [2.05, 4.69) is 0 Å². The minimum atomic E-state index is -2.38. The summed E-state index contributed by atoms with van der Waals surface area (Å²) in [5.74, 6) is -4.09. The molecule has 0 aromatic heterocycles. The van der Waals surface area contributed by atoms with Crippen LogP contribution in [0.3, 0.4) is 0 Å². The molecule has 6 nitrogen and oxygen atoms in total. The van der Waals surface area contributed by atoms with Crippen molar-refractivity contribution in [2.75, 3.05) is 0 Å². The largest absolute Gasteiger partial charge is 0.295 e. The molecule has 1 atom stereocenters. The van der Waals surface area contributed by atoms with Crippen LogP contribution >= 0.6 is 0 Å². The summed E-state index contributed by atoms with van der Waals surface area (Å²) in [7, 11) is 0. The van der Waals surface area contributed by atoms with E-state index in [0.717, 1.165) is 0 Å². The summed E-state index contributed by atoms with van der Waals surface area (Å²) in [6.07, 6.45) is -0.664. The van der Waals surface area contributed by atoms with E-state index in [-0.39, 0.29) is 6.42 Å². The van der Waals surface area contributed by atoms with E-state index < -0.39 is 71.4 Å². The Morgan fingerprint density at radius 1 is 1.16 bits per heavy atom. The first-order chi connectivity index (χ1) is 11.1. The summed E-state index contributed by atoms with van der Waals surface area (Å²) in [5.41, 5.74) is -1.13. The molecule has 0 spiro atoms. The molecule has 1 fully saturated rings. The van der Waals surface area contributed by atoms with Gasteiger partial charge in [-0.2, -0.15) is 0 Å². The zero-order valence-corrected chi connectivity index (χ0v) is 9.49. The van der Waals surface area contributed by atoms with Crippen molar-refractivity contribution in [3.05, 3.63) is 35.3 Å². The molecule has 1 aromatic carbocycles. The average Bonchev–Trinajstić information content (AvgIpc) is 2.79. The molecule has 1 saturated heterocycles. The van der Waals surface area contributed by atoms with E-state index in [1.54, 1.807) is 0 Å². The van der Waals surface area contributed by atoms with E-state index in [4.69, 9.17) is 6.85 Å². The summed E-state index contributed by atoms with van der Waals surface area (Å²) in [6, 6.07) is -5.18. The van der Waals surface area contributed by atoms with Gasteiger partial charge in [0.1, 0.15) is 6.02 Å². The van der Waals surface area contributed by atoms with Gasteiger partial charge in [-0.25, -0.2) is 0 Å². The first-order valence-electron chi connectivity index (χ1n) is 7.94. The second kappa shape index (κ2) is 4.01. The van der Waals surface area contributed by atoms with Crippen LogP contribution in [0.25, 0.3) is 0 Å². The normalized spacial score (nSPS) is 30.1. The summed E-state index contributed by atoms with van der Waals surface area (Å²) < 4.78 is 38.9. The van der Waals surface area contributed by atoms with Crippen molar-refractivity contribution < 1.29 is 26.0 Å². The van der Waals surface area contributed by atoms with Crippen molar-refractivity contribution in [3.8, 4) is 0 Å². The maximum Gasteiger partial charge on any atom is 0.262 e. The Balaban J connectivity index is 2.18. The number of hydrogen-bond acceptors (Lipinski definition) is 4. The summed E-state index contributed by atoms with van der Waals surface area (Å²) in [4.78, 5) is 48.7. The maximum absolute atomic E-state index is 12.5. The Morgan fingerprint density at radius 3 is 2.26 bits per heavy atom. The molecule has 1 unspecified atom stereocenters. The molecule has 6 heteroatoms. The number of carbonyl (C=O) groups is 4. The van der Waals surface area contributed by atoms with E-state index in [9.17, 15) is 19.2 Å². The van der Waals surface area contributed by atoms with Gasteiger partial charge in [-0.15, -0.1) is 0 Å². The molecular weight excluding hydrogens is 248 g/mol. The van der Waals surface area contributed by atoms with Crippen molar-refractivity contribution >= 4 is 23.6 Å². The van der Waals surface area contributed by atoms with Crippen LogP contribution in [0, 0.1) is 0 Å². The lowest BCUT2D eigenvalue weighted by Crippen LogP contribution is -2.54. The van der Waals surface area contributed by atoms with Gasteiger partial charge in [-0.3, -0.25) is 29.4 Å². The van der Waals surface area contributed by atoms with Crippen LogP contribution < -0.4 is 5.32 Å². The number of nitrogens with one attached hydrogen (secondary N) is 1. The number of rotatable bonds is 1. The fourth-order valence-corrected chi connectivity index (χ4v) is 2.01. The highest BCUT2D eigenvalue weighted by Crippen LogP contribution is 2.26. The molecule has 0 saturated carbocycles. The Kier molecular flexibility index (Phi) is 1.52. The number of amides is 4. The van der Waals surface area contributed by atoms with Gasteiger partial charge in [0.05, 0.1) is 18.0 Å². The predicted octanol–water partition coefficient (Wildman–Crippen LogP) is 0.0878. The van der Waals surface area contributed by atoms with Gasteiger partial charge in [0.25, 0.3) is 11.8 Å². The van der Waals surface area contributed by atoms with Gasteiger partial charge >= 0.3 is 0 Å². The van der Waals surface area contributed by atoms with Crippen LogP contribution in [0.4, 0.5) is 0 Å². The van der Waals surface area contributed by atoms with Crippen LogP contribution in [-0.2, 0) is 9.59 Å². The third-order valence-electron chi connectivity index (χ3n) is 2.90. The highest BCUT2D eigenvalue weighted by Gasteiger charge is 2.44.